The maximum absolute atomic E-state index is 12.2. The summed E-state index contributed by atoms with van der Waals surface area (Å²) in [5.74, 6) is 0.116. The number of hydrogen-bond donors (Lipinski definition) is 3. The van der Waals surface area contributed by atoms with Crippen molar-refractivity contribution < 1.29 is 27.9 Å². The second kappa shape index (κ2) is 11.0. The van der Waals surface area contributed by atoms with E-state index in [1.165, 1.54) is 17.0 Å². The van der Waals surface area contributed by atoms with Crippen LogP contribution in [-0.4, -0.2) is 75.5 Å². The molecule has 1 aromatic rings. The van der Waals surface area contributed by atoms with E-state index < -0.39 is 6.61 Å². The van der Waals surface area contributed by atoms with Crippen molar-refractivity contribution in [2.75, 3.05) is 58.3 Å². The molecular weight excluding hydrogens is 378 g/mol. The topological polar surface area (TPSA) is 67.3 Å². The van der Waals surface area contributed by atoms with Gasteiger partial charge in [-0.2, -0.15) is 8.78 Å². The number of nitrogens with one attached hydrogen (secondary N) is 3. The summed E-state index contributed by atoms with van der Waals surface area (Å²) in [5.41, 5.74) is 0.703. The smallest absolute Gasteiger partial charge is 0.387 e. The molecule has 0 aromatic heterocycles. The summed E-state index contributed by atoms with van der Waals surface area (Å²) >= 11 is 5.42. The van der Waals surface area contributed by atoms with Crippen molar-refractivity contribution >= 4 is 28.9 Å². The quantitative estimate of drug-likeness (QED) is 0.418. The third kappa shape index (κ3) is 7.61. The third-order valence-electron chi connectivity index (χ3n) is 4.13. The second-order valence-corrected chi connectivity index (χ2v) is 6.48. The minimum atomic E-state index is -2.84. The van der Waals surface area contributed by atoms with Gasteiger partial charge in [-0.05, 0) is 36.5 Å². The largest absolute Gasteiger partial charge is 0.435 e. The van der Waals surface area contributed by atoms with Crippen LogP contribution in [0.4, 0.5) is 14.5 Å². The molecule has 3 N–H and O–H groups in total. The molecule has 1 aromatic carbocycles. The molecule has 0 radical (unpaired) electrons. The number of benzene rings is 1. The molecule has 10 heteroatoms. The lowest BCUT2D eigenvalue weighted by Crippen LogP contribution is -3.15. The monoisotopic (exact) mass is 403 g/mol. The van der Waals surface area contributed by atoms with E-state index >= 15 is 0 Å². The minimum absolute atomic E-state index is 0.0160. The van der Waals surface area contributed by atoms with E-state index in [0.29, 0.717) is 30.5 Å². The van der Waals surface area contributed by atoms with Crippen LogP contribution >= 0.6 is 12.2 Å². The lowest BCUT2D eigenvalue weighted by molar-refractivity contribution is -0.895. The summed E-state index contributed by atoms with van der Waals surface area (Å²) in [6, 6.07) is 6.19. The number of anilines is 1. The van der Waals surface area contributed by atoms with Crippen molar-refractivity contribution in [1.29, 1.82) is 0 Å². The Bertz CT molecular complexity index is 611. The predicted octanol–water partition coefficient (Wildman–Crippen LogP) is -0.0521. The van der Waals surface area contributed by atoms with Gasteiger partial charge >= 0.3 is 6.61 Å². The molecule has 150 valence electrons. The van der Waals surface area contributed by atoms with Gasteiger partial charge in [-0.25, -0.2) is 0 Å². The number of piperazine rings is 1. The summed E-state index contributed by atoms with van der Waals surface area (Å²) in [4.78, 5) is 15.1. The van der Waals surface area contributed by atoms with E-state index in [4.69, 9.17) is 17.0 Å². The van der Waals surface area contributed by atoms with Gasteiger partial charge in [-0.1, -0.05) is 0 Å². The third-order valence-corrected chi connectivity index (χ3v) is 4.49. The van der Waals surface area contributed by atoms with Gasteiger partial charge in [0.1, 0.15) is 5.75 Å². The first-order chi connectivity index (χ1) is 13.0. The van der Waals surface area contributed by atoms with Crippen LogP contribution < -0.4 is 20.3 Å². The molecular formula is C17H25F2N4O3S+. The molecule has 2 rings (SSSR count). The van der Waals surface area contributed by atoms with Gasteiger partial charge in [0.25, 0.3) is 5.91 Å². The van der Waals surface area contributed by atoms with Crippen LogP contribution in [0.5, 0.6) is 5.75 Å². The molecule has 1 fully saturated rings. The Morgan fingerprint density at radius 3 is 2.56 bits per heavy atom. The number of nitrogens with zero attached hydrogens (tertiary/aromatic N) is 1. The molecule has 1 aliphatic heterocycles. The Morgan fingerprint density at radius 1 is 1.30 bits per heavy atom. The lowest BCUT2D eigenvalue weighted by Gasteiger charge is -2.33. The summed E-state index contributed by atoms with van der Waals surface area (Å²) in [6.07, 6.45) is 0. The number of thiocarbonyl (C=S) groups is 1. The van der Waals surface area contributed by atoms with Crippen molar-refractivity contribution in [1.82, 2.24) is 10.2 Å². The minimum Gasteiger partial charge on any atom is -0.435 e. The second-order valence-electron chi connectivity index (χ2n) is 6.09. The fourth-order valence-corrected chi connectivity index (χ4v) is 3.01. The Kier molecular flexibility index (Phi) is 8.62. The molecule has 0 aliphatic carbocycles. The SMILES string of the molecule is COCCNC(=O)C[NH+]1CCN(C(=S)Nc2ccc(OC(F)F)cc2)CC1. The molecule has 27 heavy (non-hydrogen) atoms. The molecule has 1 aliphatic rings. The van der Waals surface area contributed by atoms with Gasteiger partial charge in [0.05, 0.1) is 32.8 Å². The standard InChI is InChI=1S/C17H24F2N4O3S/c1-25-11-6-20-15(24)12-22-7-9-23(10-8-22)17(27)21-13-2-4-14(5-3-13)26-16(18)19/h2-5,16H,6-12H2,1H3,(H,20,24)(H,21,27)/p+1. The number of alkyl halides is 2. The van der Waals surface area contributed by atoms with Crippen LogP contribution in [-0.2, 0) is 9.53 Å². The number of ether oxygens (including phenoxy) is 2. The molecule has 0 atom stereocenters. The fourth-order valence-electron chi connectivity index (χ4n) is 2.71. The predicted molar refractivity (Wildman–Crippen MR) is 101 cm³/mol. The molecule has 1 amide bonds. The number of methoxy groups -OCH3 is 1. The zero-order valence-electron chi connectivity index (χ0n) is 15.2. The molecule has 1 saturated heterocycles. The summed E-state index contributed by atoms with van der Waals surface area (Å²) in [5, 5.41) is 6.48. The fraction of sp³-hybridized carbons (Fsp3) is 0.529. The van der Waals surface area contributed by atoms with E-state index in [2.05, 4.69) is 15.4 Å². The molecule has 0 unspecified atom stereocenters. The maximum atomic E-state index is 12.2. The summed E-state index contributed by atoms with van der Waals surface area (Å²) in [6.45, 7) is 1.70. The first kappa shape index (κ1) is 21.3. The highest BCUT2D eigenvalue weighted by molar-refractivity contribution is 7.80. The van der Waals surface area contributed by atoms with E-state index in [-0.39, 0.29) is 11.7 Å². The number of carbonyl (C=O) groups is 1. The summed E-state index contributed by atoms with van der Waals surface area (Å²) < 4.78 is 33.6. The molecule has 1 heterocycles. The molecule has 0 saturated carbocycles. The number of rotatable bonds is 8. The van der Waals surface area contributed by atoms with Crippen LogP contribution in [0.3, 0.4) is 0 Å². The van der Waals surface area contributed by atoms with Crippen molar-refractivity contribution in [3.63, 3.8) is 0 Å². The van der Waals surface area contributed by atoms with E-state index in [0.717, 1.165) is 26.2 Å². The van der Waals surface area contributed by atoms with Crippen molar-refractivity contribution in [3.8, 4) is 5.75 Å². The first-order valence-corrected chi connectivity index (χ1v) is 9.08. The number of amides is 1. The van der Waals surface area contributed by atoms with Gasteiger partial charge < -0.3 is 29.9 Å². The highest BCUT2D eigenvalue weighted by atomic mass is 32.1. The zero-order chi connectivity index (χ0) is 19.6. The zero-order valence-corrected chi connectivity index (χ0v) is 16.0. The Hall–Kier alpha value is -2.04. The van der Waals surface area contributed by atoms with Crippen LogP contribution in [0.25, 0.3) is 0 Å². The van der Waals surface area contributed by atoms with Gasteiger partial charge in [0.15, 0.2) is 11.7 Å². The Morgan fingerprint density at radius 2 is 1.96 bits per heavy atom. The molecule has 0 spiro atoms. The van der Waals surface area contributed by atoms with Crippen molar-refractivity contribution in [3.05, 3.63) is 24.3 Å². The van der Waals surface area contributed by atoms with Crippen LogP contribution in [0.15, 0.2) is 24.3 Å². The Labute approximate surface area is 162 Å². The van der Waals surface area contributed by atoms with Crippen LogP contribution in [0.1, 0.15) is 0 Å². The molecule has 7 nitrogen and oxygen atoms in total. The number of hydrogen-bond acceptors (Lipinski definition) is 4. The van der Waals surface area contributed by atoms with E-state index in [9.17, 15) is 13.6 Å². The van der Waals surface area contributed by atoms with Gasteiger partial charge in [-0.3, -0.25) is 4.79 Å². The highest BCUT2D eigenvalue weighted by Crippen LogP contribution is 2.18. The van der Waals surface area contributed by atoms with Crippen LogP contribution in [0.2, 0.25) is 0 Å². The van der Waals surface area contributed by atoms with Crippen molar-refractivity contribution in [2.24, 2.45) is 0 Å². The highest BCUT2D eigenvalue weighted by Gasteiger charge is 2.23. The normalized spacial score (nSPS) is 14.9. The summed E-state index contributed by atoms with van der Waals surface area (Å²) in [7, 11) is 1.60. The average Bonchev–Trinajstić information content (AvgIpc) is 2.63. The van der Waals surface area contributed by atoms with Gasteiger partial charge in [0, 0.05) is 19.3 Å². The van der Waals surface area contributed by atoms with Crippen molar-refractivity contribution in [2.45, 2.75) is 6.61 Å². The van der Waals surface area contributed by atoms with E-state index in [1.54, 1.807) is 19.2 Å². The van der Waals surface area contributed by atoms with E-state index in [1.807, 2.05) is 4.90 Å². The first-order valence-electron chi connectivity index (χ1n) is 8.68. The molecule has 0 bridgehead atoms. The number of carbonyl (C=O) groups excluding carboxylic acids is 1. The Balaban J connectivity index is 1.72. The van der Waals surface area contributed by atoms with Gasteiger partial charge in [-0.15, -0.1) is 0 Å². The van der Waals surface area contributed by atoms with Gasteiger partial charge in [0.2, 0.25) is 0 Å². The van der Waals surface area contributed by atoms with Crippen LogP contribution in [0, 0.1) is 0 Å². The number of quaternary nitrogens is 1. The maximum Gasteiger partial charge on any atom is 0.387 e. The lowest BCUT2D eigenvalue weighted by atomic mass is 10.3. The number of halogens is 2. The average molecular weight is 403 g/mol.